The average molecular weight is 367 g/mol. The summed E-state index contributed by atoms with van der Waals surface area (Å²) in [7, 11) is 4.95. The van der Waals surface area contributed by atoms with Crippen LogP contribution in [-0.2, 0) is 0 Å². The Labute approximate surface area is 157 Å². The summed E-state index contributed by atoms with van der Waals surface area (Å²) in [5.74, 6) is 2.95. The number of benzene rings is 2. The first-order valence-corrected chi connectivity index (χ1v) is 8.63. The molecule has 1 N–H and O–H groups in total. The van der Waals surface area contributed by atoms with Crippen LogP contribution in [0.5, 0.6) is 17.2 Å². The summed E-state index contributed by atoms with van der Waals surface area (Å²) in [5, 5.41) is 15.6. The SMILES string of the molecule is COc1ccc(C2CC(c3ccc(OC)cc3OC)n3nnnc3N2)cc1. The molecule has 0 radical (unpaired) electrons. The topological polar surface area (TPSA) is 83.3 Å². The Morgan fingerprint density at radius 2 is 1.70 bits per heavy atom. The first-order chi connectivity index (χ1) is 13.2. The van der Waals surface area contributed by atoms with E-state index in [9.17, 15) is 0 Å². The maximum absolute atomic E-state index is 5.61. The van der Waals surface area contributed by atoms with E-state index in [1.54, 1.807) is 26.0 Å². The second kappa shape index (κ2) is 7.14. The standard InChI is InChI=1S/C19H21N5O3/c1-25-13-6-4-12(5-7-13)16-11-17(24-19(20-16)21-22-23-24)15-9-8-14(26-2)10-18(15)27-3/h4-10,16-17H,11H2,1-3H3,(H,20,21,23). The number of hydrogen-bond acceptors (Lipinski definition) is 7. The monoisotopic (exact) mass is 367 g/mol. The van der Waals surface area contributed by atoms with Crippen LogP contribution in [0.25, 0.3) is 0 Å². The van der Waals surface area contributed by atoms with Gasteiger partial charge in [0, 0.05) is 11.6 Å². The van der Waals surface area contributed by atoms with Crippen LogP contribution >= 0.6 is 0 Å². The molecule has 4 rings (SSSR count). The zero-order valence-electron chi connectivity index (χ0n) is 15.4. The Morgan fingerprint density at radius 1 is 0.963 bits per heavy atom. The highest BCUT2D eigenvalue weighted by molar-refractivity contribution is 5.46. The van der Waals surface area contributed by atoms with E-state index in [-0.39, 0.29) is 12.1 Å². The summed E-state index contributed by atoms with van der Waals surface area (Å²) in [6.07, 6.45) is 0.771. The van der Waals surface area contributed by atoms with Gasteiger partial charge >= 0.3 is 0 Å². The lowest BCUT2D eigenvalue weighted by Gasteiger charge is -2.31. The maximum Gasteiger partial charge on any atom is 0.243 e. The van der Waals surface area contributed by atoms with Crippen molar-refractivity contribution in [1.29, 1.82) is 0 Å². The molecule has 8 nitrogen and oxygen atoms in total. The van der Waals surface area contributed by atoms with Crippen molar-refractivity contribution in [3.8, 4) is 17.2 Å². The molecular formula is C19H21N5O3. The van der Waals surface area contributed by atoms with E-state index in [2.05, 4.69) is 33.0 Å². The molecule has 1 aliphatic rings. The van der Waals surface area contributed by atoms with Crippen LogP contribution in [0.15, 0.2) is 42.5 Å². The molecule has 0 fully saturated rings. The van der Waals surface area contributed by atoms with E-state index in [1.165, 1.54) is 0 Å². The van der Waals surface area contributed by atoms with Crippen molar-refractivity contribution in [2.75, 3.05) is 26.6 Å². The highest BCUT2D eigenvalue weighted by Gasteiger charge is 2.32. The zero-order chi connectivity index (χ0) is 18.8. The van der Waals surface area contributed by atoms with Gasteiger partial charge in [0.15, 0.2) is 0 Å². The van der Waals surface area contributed by atoms with Gasteiger partial charge in [-0.2, -0.15) is 0 Å². The number of hydrogen-bond donors (Lipinski definition) is 1. The predicted octanol–water partition coefficient (Wildman–Crippen LogP) is 2.85. The third kappa shape index (κ3) is 3.14. The number of tetrazole rings is 1. The lowest BCUT2D eigenvalue weighted by molar-refractivity contribution is 0.369. The molecule has 2 atom stereocenters. The molecule has 3 aromatic rings. The van der Waals surface area contributed by atoms with E-state index in [1.807, 2.05) is 30.3 Å². The van der Waals surface area contributed by atoms with Crippen LogP contribution in [0.3, 0.4) is 0 Å². The Kier molecular flexibility index (Phi) is 4.53. The molecule has 1 aliphatic heterocycles. The number of aromatic nitrogens is 4. The Morgan fingerprint density at radius 3 is 2.41 bits per heavy atom. The van der Waals surface area contributed by atoms with Crippen molar-refractivity contribution in [1.82, 2.24) is 20.2 Å². The minimum atomic E-state index is -0.0655. The van der Waals surface area contributed by atoms with Crippen molar-refractivity contribution in [2.45, 2.75) is 18.5 Å². The van der Waals surface area contributed by atoms with Crippen LogP contribution in [-0.4, -0.2) is 41.5 Å². The lowest BCUT2D eigenvalue weighted by atomic mass is 9.92. The van der Waals surface area contributed by atoms with Crippen LogP contribution in [0.1, 0.15) is 29.6 Å². The molecule has 2 aromatic carbocycles. The first-order valence-electron chi connectivity index (χ1n) is 8.63. The van der Waals surface area contributed by atoms with Gasteiger partial charge in [0.05, 0.1) is 33.4 Å². The van der Waals surface area contributed by atoms with E-state index < -0.39 is 0 Å². The second-order valence-electron chi connectivity index (χ2n) is 6.28. The smallest absolute Gasteiger partial charge is 0.243 e. The predicted molar refractivity (Wildman–Crippen MR) is 99.5 cm³/mol. The Balaban J connectivity index is 1.72. The molecule has 1 aromatic heterocycles. The highest BCUT2D eigenvalue weighted by atomic mass is 16.5. The van der Waals surface area contributed by atoms with Gasteiger partial charge in [-0.3, -0.25) is 0 Å². The Bertz CT molecular complexity index is 925. The van der Waals surface area contributed by atoms with E-state index in [4.69, 9.17) is 14.2 Å². The third-order valence-electron chi connectivity index (χ3n) is 4.87. The summed E-state index contributed by atoms with van der Waals surface area (Å²) in [6.45, 7) is 0. The van der Waals surface area contributed by atoms with Crippen LogP contribution in [0.4, 0.5) is 5.95 Å². The molecule has 0 bridgehead atoms. The molecule has 0 amide bonds. The first kappa shape index (κ1) is 17.1. The highest BCUT2D eigenvalue weighted by Crippen LogP contribution is 2.41. The van der Waals surface area contributed by atoms with E-state index >= 15 is 0 Å². The van der Waals surface area contributed by atoms with Crippen molar-refractivity contribution < 1.29 is 14.2 Å². The van der Waals surface area contributed by atoms with Gasteiger partial charge in [-0.1, -0.05) is 17.2 Å². The van der Waals surface area contributed by atoms with Gasteiger partial charge in [-0.25, -0.2) is 4.68 Å². The second-order valence-corrected chi connectivity index (χ2v) is 6.28. The summed E-state index contributed by atoms with van der Waals surface area (Å²) >= 11 is 0. The fraction of sp³-hybridized carbons (Fsp3) is 0.316. The van der Waals surface area contributed by atoms with Gasteiger partial charge in [-0.05, 0) is 46.7 Å². The van der Waals surface area contributed by atoms with Gasteiger partial charge < -0.3 is 19.5 Å². The largest absolute Gasteiger partial charge is 0.497 e. The summed E-state index contributed by atoms with van der Waals surface area (Å²) in [6, 6.07) is 13.8. The number of nitrogens with one attached hydrogen (secondary N) is 1. The van der Waals surface area contributed by atoms with Crippen LogP contribution < -0.4 is 19.5 Å². The number of ether oxygens (including phenoxy) is 3. The fourth-order valence-corrected chi connectivity index (χ4v) is 3.44. The normalized spacial score (nSPS) is 18.3. The van der Waals surface area contributed by atoms with Gasteiger partial charge in [0.1, 0.15) is 17.2 Å². The number of methoxy groups -OCH3 is 3. The van der Waals surface area contributed by atoms with Crippen molar-refractivity contribution >= 4 is 5.95 Å². The summed E-state index contributed by atoms with van der Waals surface area (Å²) in [5.41, 5.74) is 2.15. The molecule has 2 heterocycles. The maximum atomic E-state index is 5.61. The molecule has 140 valence electrons. The Hall–Kier alpha value is -3.29. The van der Waals surface area contributed by atoms with Gasteiger partial charge in [-0.15, -0.1) is 0 Å². The molecule has 8 heteroatoms. The molecule has 27 heavy (non-hydrogen) atoms. The number of rotatable bonds is 5. The molecule has 2 unspecified atom stereocenters. The minimum Gasteiger partial charge on any atom is -0.497 e. The molecule has 0 saturated carbocycles. The van der Waals surface area contributed by atoms with Gasteiger partial charge in [0.25, 0.3) is 0 Å². The minimum absolute atomic E-state index is 0.0613. The van der Waals surface area contributed by atoms with E-state index in [0.717, 1.165) is 34.8 Å². The molecule has 0 spiro atoms. The van der Waals surface area contributed by atoms with Crippen molar-refractivity contribution in [2.24, 2.45) is 0 Å². The average Bonchev–Trinajstić information content (AvgIpc) is 3.21. The third-order valence-corrected chi connectivity index (χ3v) is 4.87. The molecule has 0 saturated heterocycles. The number of nitrogens with zero attached hydrogens (tertiary/aromatic N) is 4. The van der Waals surface area contributed by atoms with Crippen LogP contribution in [0, 0.1) is 0 Å². The van der Waals surface area contributed by atoms with E-state index in [0.29, 0.717) is 5.95 Å². The van der Waals surface area contributed by atoms with Crippen LogP contribution in [0.2, 0.25) is 0 Å². The molecule has 0 aliphatic carbocycles. The molecular weight excluding hydrogens is 346 g/mol. The quantitative estimate of drug-likeness (QED) is 0.742. The summed E-state index contributed by atoms with van der Waals surface area (Å²) in [4.78, 5) is 0. The summed E-state index contributed by atoms with van der Waals surface area (Å²) < 4.78 is 18.0. The van der Waals surface area contributed by atoms with Crippen molar-refractivity contribution in [3.63, 3.8) is 0 Å². The lowest BCUT2D eigenvalue weighted by Crippen LogP contribution is -2.28. The number of anilines is 1. The van der Waals surface area contributed by atoms with Gasteiger partial charge in [0.2, 0.25) is 5.95 Å². The number of fused-ring (bicyclic) bond motifs is 1. The zero-order valence-corrected chi connectivity index (χ0v) is 15.4. The fourth-order valence-electron chi connectivity index (χ4n) is 3.44. The van der Waals surface area contributed by atoms with Crippen molar-refractivity contribution in [3.05, 3.63) is 53.6 Å².